The summed E-state index contributed by atoms with van der Waals surface area (Å²) in [7, 11) is -0.403. The summed E-state index contributed by atoms with van der Waals surface area (Å²) in [5.41, 5.74) is 0.980. The highest BCUT2D eigenvalue weighted by Gasteiger charge is 2.51. The summed E-state index contributed by atoms with van der Waals surface area (Å²) in [4.78, 5) is 11.1. The van der Waals surface area contributed by atoms with Gasteiger partial charge in [0.05, 0.1) is 17.6 Å². The average molecular weight is 328 g/mol. The highest BCUT2D eigenvalue weighted by Crippen LogP contribution is 2.36. The van der Waals surface area contributed by atoms with Crippen LogP contribution in [0.1, 0.15) is 40.5 Å². The van der Waals surface area contributed by atoms with Crippen LogP contribution in [0.5, 0.6) is 0 Å². The largest absolute Gasteiger partial charge is 0.494 e. The molecule has 7 heteroatoms. The van der Waals surface area contributed by atoms with E-state index in [2.05, 4.69) is 10.2 Å². The van der Waals surface area contributed by atoms with Crippen molar-refractivity contribution < 1.29 is 18.5 Å². The predicted molar refractivity (Wildman–Crippen MR) is 89.8 cm³/mol. The van der Waals surface area contributed by atoms with Gasteiger partial charge < -0.3 is 13.7 Å². The fraction of sp³-hybridized carbons (Fsp3) is 0.471. The normalized spacial score (nSPS) is 18.8. The molecule has 0 amide bonds. The number of hydrogen-bond donors (Lipinski definition) is 0. The molecule has 1 fully saturated rings. The molecule has 0 aliphatic carbocycles. The first kappa shape index (κ1) is 16.9. The van der Waals surface area contributed by atoms with Crippen molar-refractivity contribution in [2.45, 2.75) is 52.2 Å². The predicted octanol–water partition coefficient (Wildman–Crippen LogP) is 2.17. The Morgan fingerprint density at radius 3 is 2.17 bits per heavy atom. The van der Waals surface area contributed by atoms with E-state index in [4.69, 9.17) is 13.7 Å². The summed E-state index contributed by atoms with van der Waals surface area (Å²) in [6.45, 7) is 9.59. The van der Waals surface area contributed by atoms with Crippen LogP contribution in [0.15, 0.2) is 28.7 Å². The lowest BCUT2D eigenvalue weighted by Crippen LogP contribution is -2.41. The maximum atomic E-state index is 11.1. The van der Waals surface area contributed by atoms with E-state index in [1.54, 1.807) is 0 Å². The van der Waals surface area contributed by atoms with Crippen LogP contribution in [0.3, 0.4) is 0 Å². The molecule has 0 spiro atoms. The first-order chi connectivity index (χ1) is 11.2. The smallest absolute Gasteiger partial charge is 0.420 e. The lowest BCUT2D eigenvalue weighted by molar-refractivity contribution is -0.116. The Morgan fingerprint density at radius 2 is 1.62 bits per heavy atom. The zero-order chi connectivity index (χ0) is 17.5. The van der Waals surface area contributed by atoms with Crippen LogP contribution in [0.25, 0.3) is 11.5 Å². The molecule has 0 radical (unpaired) electrons. The highest BCUT2D eigenvalue weighted by molar-refractivity contribution is 6.62. The minimum absolute atomic E-state index is 0.0127. The molecular formula is C17H21BN2O4. The Labute approximate surface area is 141 Å². The summed E-state index contributed by atoms with van der Waals surface area (Å²) in [6, 6.07) is 7.61. The molecule has 126 valence electrons. The molecule has 1 aliphatic heterocycles. The van der Waals surface area contributed by atoms with E-state index in [1.165, 1.54) is 6.92 Å². The maximum Gasteiger partial charge on any atom is 0.494 e. The molecule has 3 rings (SSSR count). The quantitative estimate of drug-likeness (QED) is 0.801. The number of carbonyl (C=O) groups excluding carboxylic acids is 1. The van der Waals surface area contributed by atoms with E-state index in [0.29, 0.717) is 11.8 Å². The van der Waals surface area contributed by atoms with Crippen LogP contribution >= 0.6 is 0 Å². The number of Topliss-reactive ketones (excluding diaryl/α,β-unsaturated/α-hetero) is 1. The Hall–Kier alpha value is -1.99. The molecule has 0 atom stereocenters. The molecular weight excluding hydrogens is 307 g/mol. The van der Waals surface area contributed by atoms with Crippen molar-refractivity contribution in [2.75, 3.05) is 0 Å². The molecule has 0 N–H and O–H groups in total. The van der Waals surface area contributed by atoms with Crippen molar-refractivity contribution in [3.63, 3.8) is 0 Å². The van der Waals surface area contributed by atoms with Gasteiger partial charge in [0.1, 0.15) is 5.78 Å². The summed E-state index contributed by atoms with van der Waals surface area (Å²) in [6.07, 6.45) is 0.152. The van der Waals surface area contributed by atoms with Gasteiger partial charge in [-0.1, -0.05) is 12.1 Å². The van der Waals surface area contributed by atoms with Crippen molar-refractivity contribution in [1.82, 2.24) is 10.2 Å². The van der Waals surface area contributed by atoms with Gasteiger partial charge in [0.25, 0.3) is 0 Å². The second kappa shape index (κ2) is 5.83. The van der Waals surface area contributed by atoms with Gasteiger partial charge in [-0.05, 0) is 52.2 Å². The zero-order valence-corrected chi connectivity index (χ0v) is 14.6. The molecule has 2 aromatic rings. The molecule has 0 bridgehead atoms. The molecule has 1 aliphatic rings. The first-order valence-electron chi connectivity index (χ1n) is 7.96. The van der Waals surface area contributed by atoms with E-state index in [-0.39, 0.29) is 23.4 Å². The third-order valence-electron chi connectivity index (χ3n) is 4.55. The van der Waals surface area contributed by atoms with Crippen molar-refractivity contribution in [2.24, 2.45) is 0 Å². The zero-order valence-electron chi connectivity index (χ0n) is 14.6. The number of hydrogen-bond acceptors (Lipinski definition) is 6. The number of benzene rings is 1. The molecule has 6 nitrogen and oxygen atoms in total. The van der Waals surface area contributed by atoms with E-state index in [1.807, 2.05) is 52.0 Å². The van der Waals surface area contributed by atoms with Crippen LogP contribution < -0.4 is 5.46 Å². The van der Waals surface area contributed by atoms with Gasteiger partial charge in [-0.15, -0.1) is 10.2 Å². The lowest BCUT2D eigenvalue weighted by Gasteiger charge is -2.32. The number of nitrogens with zero attached hydrogens (tertiary/aromatic N) is 2. The first-order valence-corrected chi connectivity index (χ1v) is 7.96. The molecule has 0 saturated carbocycles. The second-order valence-electron chi connectivity index (χ2n) is 7.09. The van der Waals surface area contributed by atoms with Crippen LogP contribution in [0.4, 0.5) is 0 Å². The number of ketones is 1. The molecule has 0 unspecified atom stereocenters. The molecule has 1 saturated heterocycles. The van der Waals surface area contributed by atoms with Crippen molar-refractivity contribution >= 4 is 18.4 Å². The monoisotopic (exact) mass is 328 g/mol. The second-order valence-corrected chi connectivity index (χ2v) is 7.09. The third-order valence-corrected chi connectivity index (χ3v) is 4.55. The standard InChI is InChI=1S/C17H21BN2O4/c1-11(21)10-14-19-20-15(22-14)12-6-8-13(9-7-12)18-23-16(2,3)17(4,5)24-18/h6-9H,10H2,1-5H3. The lowest BCUT2D eigenvalue weighted by atomic mass is 9.79. The maximum absolute atomic E-state index is 11.1. The van der Waals surface area contributed by atoms with E-state index >= 15 is 0 Å². The van der Waals surface area contributed by atoms with Gasteiger partial charge in [-0.2, -0.15) is 0 Å². The Morgan fingerprint density at radius 1 is 1.04 bits per heavy atom. The SMILES string of the molecule is CC(=O)Cc1nnc(-c2ccc(B3OC(C)(C)C(C)(C)O3)cc2)o1. The number of rotatable bonds is 4. The van der Waals surface area contributed by atoms with Gasteiger partial charge in [-0.25, -0.2) is 0 Å². The van der Waals surface area contributed by atoms with E-state index in [0.717, 1.165) is 11.0 Å². The minimum atomic E-state index is -0.403. The minimum Gasteiger partial charge on any atom is -0.420 e. The van der Waals surface area contributed by atoms with Crippen molar-refractivity contribution in [1.29, 1.82) is 0 Å². The number of aromatic nitrogens is 2. The summed E-state index contributed by atoms with van der Waals surface area (Å²) in [5, 5.41) is 7.87. The Balaban J connectivity index is 1.77. The molecule has 1 aromatic carbocycles. The van der Waals surface area contributed by atoms with Gasteiger partial charge in [0.15, 0.2) is 0 Å². The van der Waals surface area contributed by atoms with Gasteiger partial charge in [0.2, 0.25) is 11.8 Å². The van der Waals surface area contributed by atoms with Gasteiger partial charge >= 0.3 is 7.12 Å². The fourth-order valence-corrected chi connectivity index (χ4v) is 2.42. The van der Waals surface area contributed by atoms with Crippen molar-refractivity contribution in [3.8, 4) is 11.5 Å². The van der Waals surface area contributed by atoms with E-state index in [9.17, 15) is 4.79 Å². The van der Waals surface area contributed by atoms with Crippen LogP contribution in [-0.4, -0.2) is 34.3 Å². The van der Waals surface area contributed by atoms with Gasteiger partial charge in [0, 0.05) is 5.56 Å². The summed E-state index contributed by atoms with van der Waals surface area (Å²) >= 11 is 0. The van der Waals surface area contributed by atoms with E-state index < -0.39 is 7.12 Å². The Bertz CT molecular complexity index is 736. The molecule has 1 aromatic heterocycles. The van der Waals surface area contributed by atoms with Crippen LogP contribution in [0.2, 0.25) is 0 Å². The van der Waals surface area contributed by atoms with Crippen molar-refractivity contribution in [3.05, 3.63) is 30.2 Å². The third kappa shape index (κ3) is 3.14. The topological polar surface area (TPSA) is 74.5 Å². The van der Waals surface area contributed by atoms with Crippen LogP contribution in [0, 0.1) is 0 Å². The summed E-state index contributed by atoms with van der Waals surface area (Å²) < 4.78 is 17.6. The average Bonchev–Trinajstić information content (AvgIpc) is 3.01. The molecule has 2 heterocycles. The fourth-order valence-electron chi connectivity index (χ4n) is 2.42. The van der Waals surface area contributed by atoms with Gasteiger partial charge in [-0.3, -0.25) is 4.79 Å². The Kier molecular flexibility index (Phi) is 4.09. The summed E-state index contributed by atoms with van der Waals surface area (Å²) in [5.74, 6) is 0.709. The van der Waals surface area contributed by atoms with Crippen LogP contribution in [-0.2, 0) is 20.5 Å². The highest BCUT2D eigenvalue weighted by atomic mass is 16.7. The number of carbonyl (C=O) groups is 1. The molecule has 24 heavy (non-hydrogen) atoms.